The summed E-state index contributed by atoms with van der Waals surface area (Å²) in [5.74, 6) is 0. The molecule has 4 rings (SSSR count). The van der Waals surface area contributed by atoms with Gasteiger partial charge in [0.1, 0.15) is 6.33 Å². The molecule has 6 heteroatoms. The SMILES string of the molecule is Cc1ccc(S(=O)(=O)Nc2ccccc2-n2cnc3ccccc32)cc1. The monoisotopic (exact) mass is 363 g/mol. The molecule has 0 atom stereocenters. The summed E-state index contributed by atoms with van der Waals surface area (Å²) in [6.07, 6.45) is 1.70. The predicted molar refractivity (Wildman–Crippen MR) is 103 cm³/mol. The van der Waals surface area contributed by atoms with Gasteiger partial charge < -0.3 is 0 Å². The summed E-state index contributed by atoms with van der Waals surface area (Å²) >= 11 is 0. The zero-order chi connectivity index (χ0) is 18.1. The molecule has 0 aliphatic rings. The maximum Gasteiger partial charge on any atom is 0.261 e. The van der Waals surface area contributed by atoms with Gasteiger partial charge >= 0.3 is 0 Å². The molecule has 0 saturated heterocycles. The van der Waals surface area contributed by atoms with Crippen molar-refractivity contribution in [2.24, 2.45) is 0 Å². The van der Waals surface area contributed by atoms with Crippen molar-refractivity contribution in [3.8, 4) is 5.69 Å². The van der Waals surface area contributed by atoms with Gasteiger partial charge in [-0.05, 0) is 43.3 Å². The topological polar surface area (TPSA) is 64.0 Å². The van der Waals surface area contributed by atoms with Crippen molar-refractivity contribution in [2.75, 3.05) is 4.72 Å². The number of sulfonamides is 1. The number of aromatic nitrogens is 2. The lowest BCUT2D eigenvalue weighted by molar-refractivity contribution is 0.601. The number of anilines is 1. The fourth-order valence-electron chi connectivity index (χ4n) is 2.84. The normalized spacial score (nSPS) is 11.6. The summed E-state index contributed by atoms with van der Waals surface area (Å²) in [4.78, 5) is 4.62. The fraction of sp³-hybridized carbons (Fsp3) is 0.0500. The van der Waals surface area contributed by atoms with Crippen molar-refractivity contribution in [3.63, 3.8) is 0 Å². The van der Waals surface area contributed by atoms with Crippen LogP contribution in [-0.4, -0.2) is 18.0 Å². The first-order valence-electron chi connectivity index (χ1n) is 8.15. The Morgan fingerprint density at radius 1 is 0.885 bits per heavy atom. The molecule has 1 heterocycles. The Morgan fingerprint density at radius 2 is 1.58 bits per heavy atom. The van der Waals surface area contributed by atoms with Gasteiger partial charge in [0.25, 0.3) is 10.0 Å². The Kier molecular flexibility index (Phi) is 3.97. The van der Waals surface area contributed by atoms with Gasteiger partial charge in [0.2, 0.25) is 0 Å². The highest BCUT2D eigenvalue weighted by Crippen LogP contribution is 2.26. The minimum Gasteiger partial charge on any atom is -0.297 e. The first-order valence-corrected chi connectivity index (χ1v) is 9.64. The van der Waals surface area contributed by atoms with Gasteiger partial charge in [0.15, 0.2) is 0 Å². The predicted octanol–water partition coefficient (Wildman–Crippen LogP) is 4.13. The van der Waals surface area contributed by atoms with Crippen molar-refractivity contribution in [1.82, 2.24) is 9.55 Å². The molecule has 0 unspecified atom stereocenters. The number of nitrogens with one attached hydrogen (secondary N) is 1. The van der Waals surface area contributed by atoms with Crippen LogP contribution < -0.4 is 4.72 Å². The third-order valence-electron chi connectivity index (χ3n) is 4.19. The molecule has 4 aromatic rings. The molecule has 0 aliphatic heterocycles. The van der Waals surface area contributed by atoms with Crippen LogP contribution in [0, 0.1) is 6.92 Å². The number of benzene rings is 3. The fourth-order valence-corrected chi connectivity index (χ4v) is 3.92. The molecule has 0 radical (unpaired) electrons. The lowest BCUT2D eigenvalue weighted by Gasteiger charge is -2.14. The third-order valence-corrected chi connectivity index (χ3v) is 5.57. The molecule has 1 aromatic heterocycles. The van der Waals surface area contributed by atoms with Crippen molar-refractivity contribution in [2.45, 2.75) is 11.8 Å². The highest BCUT2D eigenvalue weighted by Gasteiger charge is 2.17. The van der Waals surface area contributed by atoms with Crippen molar-refractivity contribution in [1.29, 1.82) is 0 Å². The van der Waals surface area contributed by atoms with E-state index in [2.05, 4.69) is 9.71 Å². The van der Waals surface area contributed by atoms with Gasteiger partial charge in [-0.2, -0.15) is 0 Å². The van der Waals surface area contributed by atoms with E-state index in [0.717, 1.165) is 22.3 Å². The minimum absolute atomic E-state index is 0.230. The Morgan fingerprint density at radius 3 is 2.38 bits per heavy atom. The molecule has 1 N–H and O–H groups in total. The van der Waals surface area contributed by atoms with Gasteiger partial charge in [0, 0.05) is 0 Å². The number of nitrogens with zero attached hydrogens (tertiary/aromatic N) is 2. The van der Waals surface area contributed by atoms with Gasteiger partial charge in [-0.25, -0.2) is 13.4 Å². The molecule has 5 nitrogen and oxygen atoms in total. The molecule has 0 aliphatic carbocycles. The van der Waals surface area contributed by atoms with Gasteiger partial charge in [-0.15, -0.1) is 0 Å². The number of hydrogen-bond acceptors (Lipinski definition) is 3. The second-order valence-electron chi connectivity index (χ2n) is 6.04. The smallest absolute Gasteiger partial charge is 0.261 e. The summed E-state index contributed by atoms with van der Waals surface area (Å²) < 4.78 is 30.1. The first-order chi connectivity index (χ1) is 12.5. The average molecular weight is 363 g/mol. The van der Waals surface area contributed by atoms with Gasteiger partial charge in [-0.3, -0.25) is 9.29 Å². The number of rotatable bonds is 4. The van der Waals surface area contributed by atoms with E-state index in [4.69, 9.17) is 0 Å². The Bertz CT molecular complexity index is 1180. The average Bonchev–Trinajstić information content (AvgIpc) is 3.06. The first kappa shape index (κ1) is 16.4. The zero-order valence-corrected chi connectivity index (χ0v) is 14.9. The Hall–Kier alpha value is -3.12. The maximum absolute atomic E-state index is 12.8. The summed E-state index contributed by atoms with van der Waals surface area (Å²) in [7, 11) is -3.68. The number of fused-ring (bicyclic) bond motifs is 1. The summed E-state index contributed by atoms with van der Waals surface area (Å²) in [5.41, 5.74) is 3.99. The summed E-state index contributed by atoms with van der Waals surface area (Å²) in [6, 6.07) is 21.8. The van der Waals surface area contributed by atoms with Crippen molar-refractivity contribution >= 4 is 26.7 Å². The second-order valence-corrected chi connectivity index (χ2v) is 7.72. The largest absolute Gasteiger partial charge is 0.297 e. The van der Waals surface area contributed by atoms with Crippen LogP contribution >= 0.6 is 0 Å². The standard InChI is InChI=1S/C20H17N3O2S/c1-15-10-12-16(13-11-15)26(24,25)22-18-7-3-5-9-20(18)23-14-21-17-6-2-4-8-19(17)23/h2-14,22H,1H3. The maximum atomic E-state index is 12.8. The van der Waals surface area contributed by atoms with E-state index in [0.29, 0.717) is 5.69 Å². The molecule has 26 heavy (non-hydrogen) atoms. The van der Waals surface area contributed by atoms with Crippen molar-refractivity contribution < 1.29 is 8.42 Å². The van der Waals surface area contributed by atoms with E-state index in [9.17, 15) is 8.42 Å². The molecule has 130 valence electrons. The molecular formula is C20H17N3O2S. The minimum atomic E-state index is -3.68. The molecule has 0 bridgehead atoms. The van der Waals surface area contributed by atoms with E-state index in [1.807, 2.05) is 47.9 Å². The van der Waals surface area contributed by atoms with E-state index in [1.165, 1.54) is 0 Å². The van der Waals surface area contributed by atoms with Crippen LogP contribution in [0.3, 0.4) is 0 Å². The zero-order valence-electron chi connectivity index (χ0n) is 14.1. The number of aryl methyl sites for hydroxylation is 1. The number of hydrogen-bond donors (Lipinski definition) is 1. The quantitative estimate of drug-likeness (QED) is 0.593. The highest BCUT2D eigenvalue weighted by atomic mass is 32.2. The van der Waals surface area contributed by atoms with Crippen LogP contribution in [-0.2, 0) is 10.0 Å². The van der Waals surface area contributed by atoms with Crippen molar-refractivity contribution in [3.05, 3.63) is 84.7 Å². The summed E-state index contributed by atoms with van der Waals surface area (Å²) in [5, 5.41) is 0. The van der Waals surface area contributed by atoms with E-state index in [-0.39, 0.29) is 4.90 Å². The van der Waals surface area contributed by atoms with Crippen LogP contribution in [0.4, 0.5) is 5.69 Å². The molecule has 0 amide bonds. The van der Waals surface area contributed by atoms with Crippen LogP contribution in [0.15, 0.2) is 84.0 Å². The molecule has 3 aromatic carbocycles. The second kappa shape index (κ2) is 6.31. The molecule has 0 fully saturated rings. The van der Waals surface area contributed by atoms with Crippen LogP contribution in [0.1, 0.15) is 5.56 Å². The lowest BCUT2D eigenvalue weighted by Crippen LogP contribution is -2.14. The van der Waals surface area contributed by atoms with Crippen LogP contribution in [0.2, 0.25) is 0 Å². The van der Waals surface area contributed by atoms with E-state index in [1.54, 1.807) is 42.7 Å². The van der Waals surface area contributed by atoms with Crippen LogP contribution in [0.25, 0.3) is 16.7 Å². The van der Waals surface area contributed by atoms with Crippen LogP contribution in [0.5, 0.6) is 0 Å². The lowest BCUT2D eigenvalue weighted by atomic mass is 10.2. The Balaban J connectivity index is 1.78. The Labute approximate surface area is 152 Å². The molecule has 0 spiro atoms. The van der Waals surface area contributed by atoms with E-state index < -0.39 is 10.0 Å². The molecule has 0 saturated carbocycles. The van der Waals surface area contributed by atoms with Gasteiger partial charge in [0.05, 0.1) is 27.3 Å². The highest BCUT2D eigenvalue weighted by molar-refractivity contribution is 7.92. The number of para-hydroxylation sites is 4. The summed E-state index contributed by atoms with van der Waals surface area (Å²) in [6.45, 7) is 1.92. The third kappa shape index (κ3) is 2.95. The van der Waals surface area contributed by atoms with Gasteiger partial charge in [-0.1, -0.05) is 42.0 Å². The van der Waals surface area contributed by atoms with E-state index >= 15 is 0 Å². The molecular weight excluding hydrogens is 346 g/mol. The number of imidazole rings is 1.